The summed E-state index contributed by atoms with van der Waals surface area (Å²) in [5, 5.41) is 31.7. The molecule has 0 saturated carbocycles. The first-order valence-corrected chi connectivity index (χ1v) is 10.9. The predicted molar refractivity (Wildman–Crippen MR) is 117 cm³/mol. The average molecular weight is 441 g/mol. The summed E-state index contributed by atoms with van der Waals surface area (Å²) in [4.78, 5) is 15.0. The van der Waals surface area contributed by atoms with Gasteiger partial charge in [-0.3, -0.25) is 9.69 Å². The number of hydrogen-bond donors (Lipinski definition) is 3. The van der Waals surface area contributed by atoms with Crippen LogP contribution in [0.25, 0.3) is 22.6 Å². The van der Waals surface area contributed by atoms with E-state index in [9.17, 15) is 15.0 Å². The van der Waals surface area contributed by atoms with Crippen molar-refractivity contribution >= 4 is 5.91 Å². The largest absolute Gasteiger partial charge is 0.508 e. The summed E-state index contributed by atoms with van der Waals surface area (Å²) in [7, 11) is 0. The maximum Gasteiger partial charge on any atom is 0.274 e. The van der Waals surface area contributed by atoms with Crippen LogP contribution in [0.1, 0.15) is 61.3 Å². The Hall–Kier alpha value is -3.33. The highest BCUT2D eigenvalue weighted by Crippen LogP contribution is 2.43. The van der Waals surface area contributed by atoms with Gasteiger partial charge in [0.15, 0.2) is 17.2 Å². The maximum absolute atomic E-state index is 12.7. The van der Waals surface area contributed by atoms with Crippen molar-refractivity contribution in [2.45, 2.75) is 46.1 Å². The number of hydrogen-bond acceptors (Lipinski definition) is 8. The zero-order chi connectivity index (χ0) is 22.8. The number of carbonyl (C=O) groups excluding carboxylic acids is 1. The molecule has 170 valence electrons. The van der Waals surface area contributed by atoms with E-state index in [1.807, 2.05) is 20.8 Å². The second-order valence-corrected chi connectivity index (χ2v) is 8.34. The molecular formula is C23H28N4O5. The van der Waals surface area contributed by atoms with Gasteiger partial charge in [-0.1, -0.05) is 24.2 Å². The van der Waals surface area contributed by atoms with E-state index >= 15 is 0 Å². The Morgan fingerprint density at radius 1 is 1.12 bits per heavy atom. The fraction of sp³-hybridized carbons (Fsp3) is 0.435. The number of aromatic nitrogens is 2. The van der Waals surface area contributed by atoms with Crippen LogP contribution in [0.3, 0.4) is 0 Å². The van der Waals surface area contributed by atoms with Gasteiger partial charge in [0.1, 0.15) is 17.1 Å². The lowest BCUT2D eigenvalue weighted by Gasteiger charge is -2.12. The second kappa shape index (κ2) is 9.04. The molecule has 9 nitrogen and oxygen atoms in total. The van der Waals surface area contributed by atoms with Crippen molar-refractivity contribution in [2.75, 3.05) is 19.6 Å². The van der Waals surface area contributed by atoms with Crippen LogP contribution in [-0.4, -0.2) is 51.0 Å². The van der Waals surface area contributed by atoms with Crippen LogP contribution < -0.4 is 5.32 Å². The van der Waals surface area contributed by atoms with Crippen molar-refractivity contribution in [2.24, 2.45) is 0 Å². The maximum atomic E-state index is 12.7. The number of nitrogens with one attached hydrogen (secondary N) is 1. The SMILES string of the molecule is CCNC(=O)c1noc(-c2cc(C(C)C)c(O)cc2O)c1-c1cc(CN2CCCC2)no1. The highest BCUT2D eigenvalue weighted by atomic mass is 16.5. The molecule has 0 aliphatic carbocycles. The molecule has 3 N–H and O–H groups in total. The molecule has 1 fully saturated rings. The quantitative estimate of drug-likeness (QED) is 0.506. The number of aromatic hydroxyl groups is 2. The van der Waals surface area contributed by atoms with E-state index in [0.29, 0.717) is 35.5 Å². The highest BCUT2D eigenvalue weighted by molar-refractivity contribution is 6.01. The lowest BCUT2D eigenvalue weighted by atomic mass is 9.95. The minimum Gasteiger partial charge on any atom is -0.508 e. The Morgan fingerprint density at radius 2 is 1.88 bits per heavy atom. The fourth-order valence-electron chi connectivity index (χ4n) is 4.01. The number of carbonyl (C=O) groups is 1. The summed E-state index contributed by atoms with van der Waals surface area (Å²) in [6, 6.07) is 4.68. The molecule has 2 aromatic heterocycles. The zero-order valence-corrected chi connectivity index (χ0v) is 18.5. The van der Waals surface area contributed by atoms with Crippen molar-refractivity contribution in [1.29, 1.82) is 0 Å². The molecule has 1 aliphatic rings. The Bertz CT molecular complexity index is 1110. The zero-order valence-electron chi connectivity index (χ0n) is 18.5. The van der Waals surface area contributed by atoms with Gasteiger partial charge < -0.3 is 24.6 Å². The van der Waals surface area contributed by atoms with Crippen LogP contribution in [0.5, 0.6) is 11.5 Å². The molecule has 1 aliphatic heterocycles. The van der Waals surface area contributed by atoms with E-state index in [0.717, 1.165) is 18.8 Å². The molecule has 0 unspecified atom stereocenters. The van der Waals surface area contributed by atoms with E-state index in [1.165, 1.54) is 18.9 Å². The van der Waals surface area contributed by atoms with Crippen molar-refractivity contribution in [3.8, 4) is 34.1 Å². The Balaban J connectivity index is 1.81. The molecule has 0 radical (unpaired) electrons. The molecule has 0 bridgehead atoms. The van der Waals surface area contributed by atoms with Crippen molar-refractivity contribution in [3.05, 3.63) is 35.2 Å². The van der Waals surface area contributed by atoms with Gasteiger partial charge in [-0.2, -0.15) is 0 Å². The van der Waals surface area contributed by atoms with Crippen LogP contribution in [-0.2, 0) is 6.54 Å². The van der Waals surface area contributed by atoms with Gasteiger partial charge in [-0.25, -0.2) is 0 Å². The Labute approximate surface area is 186 Å². The van der Waals surface area contributed by atoms with Gasteiger partial charge in [0.2, 0.25) is 0 Å². The first kappa shape index (κ1) is 21.9. The van der Waals surface area contributed by atoms with Crippen LogP contribution in [0.2, 0.25) is 0 Å². The molecule has 9 heteroatoms. The summed E-state index contributed by atoms with van der Waals surface area (Å²) < 4.78 is 11.2. The highest BCUT2D eigenvalue weighted by Gasteiger charge is 2.29. The van der Waals surface area contributed by atoms with Gasteiger partial charge in [-0.05, 0) is 50.4 Å². The van der Waals surface area contributed by atoms with Crippen molar-refractivity contribution in [3.63, 3.8) is 0 Å². The molecule has 3 aromatic rings. The summed E-state index contributed by atoms with van der Waals surface area (Å²) in [5.41, 5.74) is 2.04. The van der Waals surface area contributed by atoms with Gasteiger partial charge in [-0.15, -0.1) is 0 Å². The molecule has 0 spiro atoms. The summed E-state index contributed by atoms with van der Waals surface area (Å²) >= 11 is 0. The fourth-order valence-corrected chi connectivity index (χ4v) is 4.01. The topological polar surface area (TPSA) is 125 Å². The number of likely N-dealkylation sites (tertiary alicyclic amines) is 1. The molecule has 0 atom stereocenters. The van der Waals surface area contributed by atoms with E-state index in [2.05, 4.69) is 20.5 Å². The third kappa shape index (κ3) is 4.20. The van der Waals surface area contributed by atoms with E-state index in [4.69, 9.17) is 9.05 Å². The average Bonchev–Trinajstić information content (AvgIpc) is 3.49. The molecule has 1 saturated heterocycles. The smallest absolute Gasteiger partial charge is 0.274 e. The molecular weight excluding hydrogens is 412 g/mol. The normalized spacial score (nSPS) is 14.4. The third-order valence-electron chi connectivity index (χ3n) is 5.65. The summed E-state index contributed by atoms with van der Waals surface area (Å²) in [6.45, 7) is 8.77. The molecule has 32 heavy (non-hydrogen) atoms. The molecule has 1 aromatic carbocycles. The van der Waals surface area contributed by atoms with Gasteiger partial charge in [0, 0.05) is 25.2 Å². The number of amides is 1. The number of benzene rings is 1. The van der Waals surface area contributed by atoms with Gasteiger partial charge in [0.05, 0.1) is 11.3 Å². The van der Waals surface area contributed by atoms with Crippen LogP contribution in [0, 0.1) is 0 Å². The van der Waals surface area contributed by atoms with Crippen molar-refractivity contribution < 1.29 is 24.1 Å². The number of phenolic OH excluding ortho intramolecular Hbond substituents is 2. The Kier molecular flexibility index (Phi) is 6.18. The summed E-state index contributed by atoms with van der Waals surface area (Å²) in [5.74, 6) is -0.120. The molecule has 3 heterocycles. The monoisotopic (exact) mass is 440 g/mol. The molecule has 4 rings (SSSR count). The predicted octanol–water partition coefficient (Wildman–Crippen LogP) is 3.88. The first-order valence-electron chi connectivity index (χ1n) is 10.9. The standard InChI is InChI=1S/C23H28N4O5/c1-4-24-23(30)21-20(19-9-14(25-31-19)12-27-7-5-6-8-27)22(32-26-21)16-10-15(13(2)3)17(28)11-18(16)29/h9-11,13,28-29H,4-8,12H2,1-3H3,(H,24,30). The lowest BCUT2D eigenvalue weighted by molar-refractivity contribution is 0.0947. The minimum atomic E-state index is -0.419. The molecule has 1 amide bonds. The third-order valence-corrected chi connectivity index (χ3v) is 5.65. The number of nitrogens with zero attached hydrogens (tertiary/aromatic N) is 3. The Morgan fingerprint density at radius 3 is 2.56 bits per heavy atom. The van der Waals surface area contributed by atoms with E-state index in [-0.39, 0.29) is 28.9 Å². The van der Waals surface area contributed by atoms with Crippen molar-refractivity contribution in [1.82, 2.24) is 20.5 Å². The lowest BCUT2D eigenvalue weighted by Crippen LogP contribution is -2.23. The van der Waals surface area contributed by atoms with E-state index < -0.39 is 5.91 Å². The van der Waals surface area contributed by atoms with Crippen LogP contribution >= 0.6 is 0 Å². The minimum absolute atomic E-state index is 0.000857. The van der Waals surface area contributed by atoms with Crippen LogP contribution in [0.4, 0.5) is 0 Å². The second-order valence-electron chi connectivity index (χ2n) is 8.34. The van der Waals surface area contributed by atoms with Gasteiger partial charge >= 0.3 is 0 Å². The number of rotatable bonds is 7. The first-order chi connectivity index (χ1) is 15.4. The number of phenols is 2. The van der Waals surface area contributed by atoms with Gasteiger partial charge in [0.25, 0.3) is 5.91 Å². The summed E-state index contributed by atoms with van der Waals surface area (Å²) in [6.07, 6.45) is 2.33. The van der Waals surface area contributed by atoms with E-state index in [1.54, 1.807) is 12.1 Å². The van der Waals surface area contributed by atoms with Crippen LogP contribution in [0.15, 0.2) is 27.2 Å².